The van der Waals surface area contributed by atoms with Crippen LogP contribution in [-0.4, -0.2) is 36.2 Å². The summed E-state index contributed by atoms with van der Waals surface area (Å²) < 4.78 is 5.79. The standard InChI is InChI=1S/C18H20N2O3/c21-17(20-13-18(22)10-11-19-12-18)15-8-4-5-9-16(15)23-14-6-2-1-3-7-14/h1-9,19,22H,10-13H2,(H,20,21)/t18-/m0/s1. The van der Waals surface area contributed by atoms with E-state index in [0.717, 1.165) is 6.54 Å². The third-order valence-electron chi connectivity index (χ3n) is 3.90. The molecule has 0 radical (unpaired) electrons. The summed E-state index contributed by atoms with van der Waals surface area (Å²) in [5.74, 6) is 0.913. The molecule has 1 atom stereocenters. The molecule has 0 aromatic heterocycles. The van der Waals surface area contributed by atoms with Crippen molar-refractivity contribution in [1.82, 2.24) is 10.6 Å². The van der Waals surface area contributed by atoms with Crippen molar-refractivity contribution in [3.05, 3.63) is 60.2 Å². The highest BCUT2D eigenvalue weighted by Gasteiger charge is 2.31. The molecule has 1 aliphatic heterocycles. The number of rotatable bonds is 5. The third-order valence-corrected chi connectivity index (χ3v) is 3.90. The summed E-state index contributed by atoms with van der Waals surface area (Å²) in [6, 6.07) is 16.4. The smallest absolute Gasteiger partial charge is 0.255 e. The lowest BCUT2D eigenvalue weighted by atomic mass is 10.0. The van der Waals surface area contributed by atoms with Gasteiger partial charge in [0.1, 0.15) is 11.5 Å². The van der Waals surface area contributed by atoms with Crippen LogP contribution in [0.25, 0.3) is 0 Å². The van der Waals surface area contributed by atoms with Crippen LogP contribution in [0.2, 0.25) is 0 Å². The Morgan fingerprint density at radius 3 is 2.65 bits per heavy atom. The largest absolute Gasteiger partial charge is 0.457 e. The maximum absolute atomic E-state index is 12.4. The predicted molar refractivity (Wildman–Crippen MR) is 87.7 cm³/mol. The van der Waals surface area contributed by atoms with Gasteiger partial charge in [-0.1, -0.05) is 30.3 Å². The van der Waals surface area contributed by atoms with Crippen molar-refractivity contribution in [2.24, 2.45) is 0 Å². The first-order chi connectivity index (χ1) is 11.2. The number of hydrogen-bond donors (Lipinski definition) is 3. The fourth-order valence-electron chi connectivity index (χ4n) is 2.58. The number of benzene rings is 2. The topological polar surface area (TPSA) is 70.6 Å². The fourth-order valence-corrected chi connectivity index (χ4v) is 2.58. The van der Waals surface area contributed by atoms with E-state index in [4.69, 9.17) is 4.74 Å². The van der Waals surface area contributed by atoms with Gasteiger partial charge in [0.15, 0.2) is 0 Å². The van der Waals surface area contributed by atoms with Crippen molar-refractivity contribution in [3.63, 3.8) is 0 Å². The van der Waals surface area contributed by atoms with Crippen molar-refractivity contribution in [1.29, 1.82) is 0 Å². The Labute approximate surface area is 135 Å². The van der Waals surface area contributed by atoms with E-state index in [1.807, 2.05) is 36.4 Å². The first-order valence-corrected chi connectivity index (χ1v) is 7.70. The Morgan fingerprint density at radius 1 is 1.17 bits per heavy atom. The van der Waals surface area contributed by atoms with Gasteiger partial charge in [-0.05, 0) is 37.2 Å². The van der Waals surface area contributed by atoms with Crippen LogP contribution in [-0.2, 0) is 0 Å². The van der Waals surface area contributed by atoms with E-state index in [2.05, 4.69) is 10.6 Å². The summed E-state index contributed by atoms with van der Waals surface area (Å²) in [7, 11) is 0. The van der Waals surface area contributed by atoms with Gasteiger partial charge in [-0.15, -0.1) is 0 Å². The fraction of sp³-hybridized carbons (Fsp3) is 0.278. The second-order valence-corrected chi connectivity index (χ2v) is 5.75. The van der Waals surface area contributed by atoms with Gasteiger partial charge in [-0.2, -0.15) is 0 Å². The number of amides is 1. The van der Waals surface area contributed by atoms with E-state index >= 15 is 0 Å². The van der Waals surface area contributed by atoms with E-state index in [-0.39, 0.29) is 12.5 Å². The summed E-state index contributed by atoms with van der Waals surface area (Å²) in [5.41, 5.74) is -0.420. The van der Waals surface area contributed by atoms with Gasteiger partial charge in [0.2, 0.25) is 0 Å². The van der Waals surface area contributed by atoms with Gasteiger partial charge in [0.05, 0.1) is 11.2 Å². The van der Waals surface area contributed by atoms with E-state index in [1.54, 1.807) is 18.2 Å². The van der Waals surface area contributed by atoms with Crippen LogP contribution >= 0.6 is 0 Å². The molecule has 0 bridgehead atoms. The van der Waals surface area contributed by atoms with Crippen LogP contribution in [0.15, 0.2) is 54.6 Å². The first kappa shape index (κ1) is 15.5. The third kappa shape index (κ3) is 3.88. The molecule has 0 unspecified atom stereocenters. The summed E-state index contributed by atoms with van der Waals surface area (Å²) in [6.07, 6.45) is 0.634. The second-order valence-electron chi connectivity index (χ2n) is 5.75. The van der Waals surface area contributed by atoms with E-state index in [1.165, 1.54) is 0 Å². The molecular weight excluding hydrogens is 292 g/mol. The molecule has 2 aromatic rings. The Bertz CT molecular complexity index is 667. The minimum atomic E-state index is -0.870. The summed E-state index contributed by atoms with van der Waals surface area (Å²) >= 11 is 0. The summed E-state index contributed by atoms with van der Waals surface area (Å²) in [5, 5.41) is 16.2. The van der Waals surface area contributed by atoms with Gasteiger partial charge in [-0.25, -0.2) is 0 Å². The zero-order chi connectivity index (χ0) is 16.1. The molecule has 1 aliphatic rings. The zero-order valence-electron chi connectivity index (χ0n) is 12.8. The van der Waals surface area contributed by atoms with Gasteiger partial charge in [0, 0.05) is 13.1 Å². The molecular formula is C18H20N2O3. The van der Waals surface area contributed by atoms with Gasteiger partial charge < -0.3 is 20.5 Å². The lowest BCUT2D eigenvalue weighted by Gasteiger charge is -2.21. The van der Waals surface area contributed by atoms with Crippen molar-refractivity contribution in [2.75, 3.05) is 19.6 Å². The molecule has 3 rings (SSSR count). The highest BCUT2D eigenvalue weighted by atomic mass is 16.5. The van der Waals surface area contributed by atoms with Crippen molar-refractivity contribution >= 4 is 5.91 Å². The average molecular weight is 312 g/mol. The second kappa shape index (κ2) is 6.81. The van der Waals surface area contributed by atoms with Crippen LogP contribution in [0.3, 0.4) is 0 Å². The average Bonchev–Trinajstić information content (AvgIpc) is 3.01. The summed E-state index contributed by atoms with van der Waals surface area (Å²) in [6.45, 7) is 1.48. The van der Waals surface area contributed by atoms with Gasteiger partial charge in [-0.3, -0.25) is 4.79 Å². The van der Waals surface area contributed by atoms with E-state index in [0.29, 0.717) is 30.0 Å². The Hall–Kier alpha value is -2.37. The van der Waals surface area contributed by atoms with Gasteiger partial charge in [0.25, 0.3) is 5.91 Å². The molecule has 1 amide bonds. The zero-order valence-corrected chi connectivity index (χ0v) is 12.8. The van der Waals surface area contributed by atoms with Crippen LogP contribution in [0.4, 0.5) is 0 Å². The molecule has 5 nitrogen and oxygen atoms in total. The van der Waals surface area contributed by atoms with Crippen molar-refractivity contribution < 1.29 is 14.6 Å². The SMILES string of the molecule is O=C(NC[C@]1(O)CCNC1)c1ccccc1Oc1ccccc1. The van der Waals surface area contributed by atoms with E-state index < -0.39 is 5.60 Å². The highest BCUT2D eigenvalue weighted by Crippen LogP contribution is 2.25. The van der Waals surface area contributed by atoms with Crippen LogP contribution in [0.1, 0.15) is 16.8 Å². The number of β-amino-alcohol motifs (C(OH)–C–C–N with tert-alkyl or cyclic N) is 1. The number of carbonyl (C=O) groups excluding carboxylic acids is 1. The van der Waals surface area contributed by atoms with Crippen LogP contribution < -0.4 is 15.4 Å². The molecule has 0 spiro atoms. The number of carbonyl (C=O) groups is 1. The number of nitrogens with one attached hydrogen (secondary N) is 2. The van der Waals surface area contributed by atoms with E-state index in [9.17, 15) is 9.90 Å². The number of ether oxygens (including phenoxy) is 1. The maximum atomic E-state index is 12.4. The number of para-hydroxylation sites is 2. The van der Waals surface area contributed by atoms with Crippen LogP contribution in [0.5, 0.6) is 11.5 Å². The molecule has 120 valence electrons. The van der Waals surface area contributed by atoms with Crippen molar-refractivity contribution in [3.8, 4) is 11.5 Å². The molecule has 0 saturated carbocycles. The first-order valence-electron chi connectivity index (χ1n) is 7.70. The molecule has 1 saturated heterocycles. The minimum absolute atomic E-state index is 0.221. The molecule has 23 heavy (non-hydrogen) atoms. The molecule has 1 fully saturated rings. The predicted octanol–water partition coefficient (Wildman–Crippen LogP) is 1.93. The molecule has 5 heteroatoms. The summed E-state index contributed by atoms with van der Waals surface area (Å²) in [4.78, 5) is 12.4. The normalized spacial score (nSPS) is 20.2. The molecule has 1 heterocycles. The Kier molecular flexibility index (Phi) is 4.60. The highest BCUT2D eigenvalue weighted by molar-refractivity contribution is 5.97. The quantitative estimate of drug-likeness (QED) is 0.789. The lowest BCUT2D eigenvalue weighted by Crippen LogP contribution is -2.44. The minimum Gasteiger partial charge on any atom is -0.457 e. The maximum Gasteiger partial charge on any atom is 0.255 e. The molecule has 0 aliphatic carbocycles. The Morgan fingerprint density at radius 2 is 1.91 bits per heavy atom. The molecule has 3 N–H and O–H groups in total. The van der Waals surface area contributed by atoms with Gasteiger partial charge >= 0.3 is 0 Å². The Balaban J connectivity index is 1.70. The lowest BCUT2D eigenvalue weighted by molar-refractivity contribution is 0.0561. The van der Waals surface area contributed by atoms with Crippen LogP contribution in [0, 0.1) is 0 Å². The monoisotopic (exact) mass is 312 g/mol. The molecule has 2 aromatic carbocycles. The number of hydrogen-bond acceptors (Lipinski definition) is 4. The number of aliphatic hydroxyl groups is 1. The van der Waals surface area contributed by atoms with Crippen molar-refractivity contribution in [2.45, 2.75) is 12.0 Å².